The summed E-state index contributed by atoms with van der Waals surface area (Å²) in [6.45, 7) is 4.38. The van der Waals surface area contributed by atoms with Crippen molar-refractivity contribution in [2.24, 2.45) is 0 Å². The average molecular weight is 203 g/mol. The van der Waals surface area contributed by atoms with Crippen LogP contribution in [-0.4, -0.2) is 22.9 Å². The summed E-state index contributed by atoms with van der Waals surface area (Å²) in [6, 6.07) is 0. The van der Waals surface area contributed by atoms with Crippen LogP contribution in [0.2, 0.25) is 14.9 Å². The van der Waals surface area contributed by atoms with Crippen LogP contribution in [-0.2, 0) is 0 Å². The Kier molecular flexibility index (Phi) is 8.11. The molecule has 10 heavy (non-hydrogen) atoms. The molecule has 60 valence electrons. The fraction of sp³-hybridized carbons (Fsp3) is 1.00. The van der Waals surface area contributed by atoms with Gasteiger partial charge < -0.3 is 0 Å². The minimum absolute atomic E-state index is 0.0509. The monoisotopic (exact) mass is 202 g/mol. The van der Waals surface area contributed by atoms with Crippen LogP contribution in [0, 0.1) is 0 Å². The molecule has 0 aliphatic rings. The van der Waals surface area contributed by atoms with Gasteiger partial charge in [-0.15, -0.1) is 0 Å². The number of hydrogen-bond donors (Lipinski definition) is 0. The van der Waals surface area contributed by atoms with Crippen LogP contribution in [0.25, 0.3) is 0 Å². The first-order valence-electron chi connectivity index (χ1n) is 4.41. The molecule has 0 nitrogen and oxygen atoms in total. The summed E-state index contributed by atoms with van der Waals surface area (Å²) < 4.78 is 11.9. The predicted octanol–water partition coefficient (Wildman–Crippen LogP) is 3.27. The summed E-state index contributed by atoms with van der Waals surface area (Å²) in [5.74, 6) is 0. The summed E-state index contributed by atoms with van der Waals surface area (Å²) in [5, 5.41) is 0. The van der Waals surface area contributed by atoms with Crippen molar-refractivity contribution in [3.05, 3.63) is 0 Å². The van der Waals surface area contributed by atoms with Gasteiger partial charge in [0.2, 0.25) is 0 Å². The van der Waals surface area contributed by atoms with Gasteiger partial charge in [-0.3, -0.25) is 0 Å². The van der Waals surface area contributed by atoms with Crippen molar-refractivity contribution >= 4 is 16.2 Å². The van der Waals surface area contributed by atoms with Crippen LogP contribution in [0.3, 0.4) is 0 Å². The molecule has 0 amide bonds. The zero-order valence-electron chi connectivity index (χ0n) is 7.20. The second-order valence-corrected chi connectivity index (χ2v) is 10.2. The molecule has 0 radical (unpaired) electrons. The van der Waals surface area contributed by atoms with Gasteiger partial charge >= 0.3 is 68.9 Å². The van der Waals surface area contributed by atoms with Gasteiger partial charge in [0.1, 0.15) is 0 Å². The van der Waals surface area contributed by atoms with Gasteiger partial charge in [0.25, 0.3) is 0 Å². The first-order chi connectivity index (χ1) is 4.85. The van der Waals surface area contributed by atoms with Gasteiger partial charge in [0, 0.05) is 0 Å². The standard InChI is InChI=1S/2C3H7.C2H4F.Ga/c2*1-3-2;1-2-3;/h2*1,3H2,2H3;1-2H2;. The van der Waals surface area contributed by atoms with Gasteiger partial charge in [0.15, 0.2) is 0 Å². The topological polar surface area (TPSA) is 0 Å². The van der Waals surface area contributed by atoms with Crippen molar-refractivity contribution in [2.75, 3.05) is 6.67 Å². The Morgan fingerprint density at radius 3 is 1.80 bits per heavy atom. The molecule has 0 heterocycles. The SMILES string of the molecule is CC[CH2][Ga]([CH2]CC)[CH2]CF. The number of rotatable bonds is 6. The molecule has 0 rings (SSSR count). The van der Waals surface area contributed by atoms with Crippen molar-refractivity contribution in [2.45, 2.75) is 41.6 Å². The number of alkyl halides is 1. The fourth-order valence-corrected chi connectivity index (χ4v) is 7.29. The summed E-state index contributed by atoms with van der Waals surface area (Å²) in [7, 11) is 0. The Morgan fingerprint density at radius 2 is 1.50 bits per heavy atom. The molecule has 0 aromatic heterocycles. The predicted molar refractivity (Wildman–Crippen MR) is 46.7 cm³/mol. The second-order valence-electron chi connectivity index (χ2n) is 2.92. The van der Waals surface area contributed by atoms with Crippen molar-refractivity contribution < 1.29 is 4.39 Å². The molecule has 0 saturated carbocycles. The molecule has 0 aromatic rings. The average Bonchev–Trinajstić information content (AvgIpc) is 1.90. The molecular weight excluding hydrogens is 185 g/mol. The maximum atomic E-state index is 11.9. The van der Waals surface area contributed by atoms with Crippen molar-refractivity contribution in [3.8, 4) is 0 Å². The zero-order valence-corrected chi connectivity index (χ0v) is 9.62. The third-order valence-corrected chi connectivity index (χ3v) is 9.93. The molecule has 0 spiro atoms. The van der Waals surface area contributed by atoms with E-state index in [1.54, 1.807) is 0 Å². The minimum atomic E-state index is -1.05. The Morgan fingerprint density at radius 1 is 1.00 bits per heavy atom. The quantitative estimate of drug-likeness (QED) is 0.581. The van der Waals surface area contributed by atoms with Crippen LogP contribution in [0.4, 0.5) is 4.39 Å². The van der Waals surface area contributed by atoms with Crippen LogP contribution in [0.5, 0.6) is 0 Å². The fourth-order valence-electron chi connectivity index (χ4n) is 1.40. The van der Waals surface area contributed by atoms with Gasteiger partial charge in [0.05, 0.1) is 0 Å². The van der Waals surface area contributed by atoms with Crippen molar-refractivity contribution in [1.82, 2.24) is 0 Å². The first-order valence-corrected chi connectivity index (χ1v) is 9.55. The molecule has 0 bridgehead atoms. The van der Waals surface area contributed by atoms with E-state index in [9.17, 15) is 4.39 Å². The maximum absolute atomic E-state index is 11.9. The van der Waals surface area contributed by atoms with E-state index < -0.39 is 16.2 Å². The molecule has 2 heteroatoms. The van der Waals surface area contributed by atoms with Crippen LogP contribution in [0.15, 0.2) is 0 Å². The second kappa shape index (κ2) is 7.67. The van der Waals surface area contributed by atoms with E-state index in [1.165, 1.54) is 22.8 Å². The van der Waals surface area contributed by atoms with E-state index in [0.29, 0.717) is 0 Å². The normalized spacial score (nSPS) is 9.90. The molecule has 0 fully saturated rings. The van der Waals surface area contributed by atoms with Crippen LogP contribution >= 0.6 is 0 Å². The molecular formula is C8H18FGa. The van der Waals surface area contributed by atoms with Gasteiger partial charge in [-0.25, -0.2) is 0 Å². The summed E-state index contributed by atoms with van der Waals surface area (Å²) >= 11 is -1.05. The Labute approximate surface area is 69.2 Å². The molecule has 0 unspecified atom stereocenters. The van der Waals surface area contributed by atoms with E-state index in [4.69, 9.17) is 0 Å². The number of halogens is 1. The third-order valence-electron chi connectivity index (χ3n) is 1.91. The summed E-state index contributed by atoms with van der Waals surface area (Å²) in [5.41, 5.74) is 0. The number of hydrogen-bond acceptors (Lipinski definition) is 0. The molecule has 0 aromatic carbocycles. The molecule has 0 atom stereocenters. The van der Waals surface area contributed by atoms with E-state index in [-0.39, 0.29) is 6.67 Å². The Balaban J connectivity index is 3.30. The van der Waals surface area contributed by atoms with Crippen LogP contribution in [0.1, 0.15) is 26.7 Å². The van der Waals surface area contributed by atoms with E-state index >= 15 is 0 Å². The Hall–Kier alpha value is 0.566. The van der Waals surface area contributed by atoms with Gasteiger partial charge in [-0.1, -0.05) is 0 Å². The Bertz CT molecular complexity index is 52.0. The van der Waals surface area contributed by atoms with Crippen molar-refractivity contribution in [3.63, 3.8) is 0 Å². The molecule has 0 aliphatic carbocycles. The van der Waals surface area contributed by atoms with Gasteiger partial charge in [-0.2, -0.15) is 0 Å². The van der Waals surface area contributed by atoms with Crippen molar-refractivity contribution in [1.29, 1.82) is 0 Å². The molecule has 0 N–H and O–H groups in total. The van der Waals surface area contributed by atoms with E-state index in [0.717, 1.165) is 4.98 Å². The molecule has 0 aliphatic heterocycles. The summed E-state index contributed by atoms with van der Waals surface area (Å²) in [6.07, 6.45) is 2.56. The van der Waals surface area contributed by atoms with Gasteiger partial charge in [-0.05, 0) is 0 Å². The van der Waals surface area contributed by atoms with Crippen LogP contribution < -0.4 is 0 Å². The molecule has 0 saturated heterocycles. The van der Waals surface area contributed by atoms with E-state index in [2.05, 4.69) is 13.8 Å². The van der Waals surface area contributed by atoms with E-state index in [1.807, 2.05) is 0 Å². The zero-order chi connectivity index (χ0) is 7.82. The first kappa shape index (κ1) is 10.6. The third kappa shape index (κ3) is 5.36. The summed E-state index contributed by atoms with van der Waals surface area (Å²) in [4.78, 5) is 3.75.